The summed E-state index contributed by atoms with van der Waals surface area (Å²) >= 11 is 1.52. The molecule has 0 aliphatic carbocycles. The van der Waals surface area contributed by atoms with Crippen molar-refractivity contribution < 1.29 is 14.3 Å². The molecule has 0 amide bonds. The van der Waals surface area contributed by atoms with E-state index in [1.54, 1.807) is 7.11 Å². The molecule has 0 spiro atoms. The molecule has 84 valence electrons. The van der Waals surface area contributed by atoms with E-state index in [1.807, 2.05) is 12.3 Å². The molecule has 4 nitrogen and oxygen atoms in total. The number of carbonyl (C=O) groups excluding carboxylic acids is 1. The highest BCUT2D eigenvalue weighted by atomic mass is 32.1. The second-order valence-electron chi connectivity index (χ2n) is 3.06. The predicted octanol–water partition coefficient (Wildman–Crippen LogP) is 1.96. The molecule has 0 saturated carbocycles. The van der Waals surface area contributed by atoms with Crippen LogP contribution in [-0.2, 0) is 20.7 Å². The number of nitrogens with zero attached hydrogens (tertiary/aromatic N) is 1. The van der Waals surface area contributed by atoms with E-state index in [2.05, 4.69) is 9.72 Å². The van der Waals surface area contributed by atoms with Gasteiger partial charge in [0.05, 0.1) is 19.2 Å². The van der Waals surface area contributed by atoms with Crippen LogP contribution >= 0.6 is 11.3 Å². The molecule has 0 aliphatic heterocycles. The predicted molar refractivity (Wildman–Crippen MR) is 57.9 cm³/mol. The Hall–Kier alpha value is -0.940. The topological polar surface area (TPSA) is 48.4 Å². The molecule has 5 heteroatoms. The maximum absolute atomic E-state index is 11.0. The van der Waals surface area contributed by atoms with Gasteiger partial charge in [0.15, 0.2) is 0 Å². The standard InChI is InChI=1S/C10H15NO3S/c1-4-8(13-2)10-11-7(6-15-10)5-9(12)14-3/h6,8H,4-5H2,1-3H3. The van der Waals surface area contributed by atoms with Crippen molar-refractivity contribution in [2.75, 3.05) is 14.2 Å². The van der Waals surface area contributed by atoms with Crippen molar-refractivity contribution in [1.82, 2.24) is 4.98 Å². The number of aromatic nitrogens is 1. The van der Waals surface area contributed by atoms with Gasteiger partial charge in [0, 0.05) is 12.5 Å². The van der Waals surface area contributed by atoms with Crippen LogP contribution in [0.1, 0.15) is 30.2 Å². The van der Waals surface area contributed by atoms with Gasteiger partial charge in [0.25, 0.3) is 0 Å². The van der Waals surface area contributed by atoms with E-state index >= 15 is 0 Å². The third kappa shape index (κ3) is 3.28. The molecule has 0 bridgehead atoms. The van der Waals surface area contributed by atoms with Crippen LogP contribution in [0.4, 0.5) is 0 Å². The Morgan fingerprint density at radius 3 is 2.87 bits per heavy atom. The highest BCUT2D eigenvalue weighted by Crippen LogP contribution is 2.23. The van der Waals surface area contributed by atoms with Crippen molar-refractivity contribution in [3.05, 3.63) is 16.1 Å². The Morgan fingerprint density at radius 1 is 1.60 bits per heavy atom. The monoisotopic (exact) mass is 229 g/mol. The fraction of sp³-hybridized carbons (Fsp3) is 0.600. The molecule has 0 N–H and O–H groups in total. The third-order valence-corrected chi connectivity index (χ3v) is 3.04. The van der Waals surface area contributed by atoms with Gasteiger partial charge in [0.1, 0.15) is 11.1 Å². The molecule has 0 fully saturated rings. The third-order valence-electron chi connectivity index (χ3n) is 2.05. The van der Waals surface area contributed by atoms with Crippen molar-refractivity contribution in [2.24, 2.45) is 0 Å². The molecule has 0 saturated heterocycles. The number of carbonyl (C=O) groups is 1. The first-order chi connectivity index (χ1) is 7.21. The molecule has 0 aromatic carbocycles. The molecule has 1 aromatic heterocycles. The Labute approximate surface area is 93.2 Å². The number of thiazole rings is 1. The summed E-state index contributed by atoms with van der Waals surface area (Å²) in [6.07, 6.45) is 1.14. The lowest BCUT2D eigenvalue weighted by molar-refractivity contribution is -0.139. The molecule has 0 aliphatic rings. The van der Waals surface area contributed by atoms with Gasteiger partial charge in [0.2, 0.25) is 0 Å². The number of methoxy groups -OCH3 is 2. The van der Waals surface area contributed by atoms with Gasteiger partial charge in [-0.1, -0.05) is 6.92 Å². The Balaban J connectivity index is 2.67. The van der Waals surface area contributed by atoms with E-state index in [0.717, 1.165) is 17.1 Å². The summed E-state index contributed by atoms with van der Waals surface area (Å²) in [5.74, 6) is -0.266. The van der Waals surface area contributed by atoms with E-state index in [9.17, 15) is 4.79 Å². The summed E-state index contributed by atoms with van der Waals surface area (Å²) in [4.78, 5) is 15.3. The molecular weight excluding hydrogens is 214 g/mol. The Morgan fingerprint density at radius 2 is 2.33 bits per heavy atom. The molecule has 1 rings (SSSR count). The summed E-state index contributed by atoms with van der Waals surface area (Å²) in [6, 6.07) is 0. The Kier molecular flexibility index (Phi) is 4.71. The van der Waals surface area contributed by atoms with Crippen molar-refractivity contribution in [1.29, 1.82) is 0 Å². The second kappa shape index (κ2) is 5.82. The van der Waals surface area contributed by atoms with Gasteiger partial charge in [-0.15, -0.1) is 11.3 Å². The largest absolute Gasteiger partial charge is 0.469 e. The van der Waals surface area contributed by atoms with Crippen molar-refractivity contribution >= 4 is 17.3 Å². The van der Waals surface area contributed by atoms with Gasteiger partial charge in [-0.25, -0.2) is 4.98 Å². The average Bonchev–Trinajstić information content (AvgIpc) is 2.68. The molecule has 1 aromatic rings. The normalized spacial score (nSPS) is 12.5. The maximum Gasteiger partial charge on any atom is 0.311 e. The fourth-order valence-electron chi connectivity index (χ4n) is 1.21. The van der Waals surface area contributed by atoms with Crippen LogP contribution < -0.4 is 0 Å². The van der Waals surface area contributed by atoms with Crippen molar-refractivity contribution in [3.63, 3.8) is 0 Å². The number of hydrogen-bond acceptors (Lipinski definition) is 5. The van der Waals surface area contributed by atoms with Gasteiger partial charge in [-0.2, -0.15) is 0 Å². The number of ether oxygens (including phenoxy) is 2. The Bertz CT molecular complexity index is 320. The van der Waals surface area contributed by atoms with E-state index in [0.29, 0.717) is 0 Å². The minimum absolute atomic E-state index is 0.0291. The van der Waals surface area contributed by atoms with Crippen LogP contribution in [0.3, 0.4) is 0 Å². The number of rotatable bonds is 5. The zero-order chi connectivity index (χ0) is 11.3. The van der Waals surface area contributed by atoms with Crippen LogP contribution in [-0.4, -0.2) is 25.2 Å². The van der Waals surface area contributed by atoms with E-state index in [-0.39, 0.29) is 18.5 Å². The van der Waals surface area contributed by atoms with Gasteiger partial charge >= 0.3 is 5.97 Å². The molecule has 0 radical (unpaired) electrons. The summed E-state index contributed by atoms with van der Waals surface area (Å²) in [5.41, 5.74) is 0.748. The molecule has 1 unspecified atom stereocenters. The molecular formula is C10H15NO3S. The summed E-state index contributed by atoms with van der Waals surface area (Å²) in [7, 11) is 3.04. The smallest absolute Gasteiger partial charge is 0.311 e. The van der Waals surface area contributed by atoms with E-state index in [1.165, 1.54) is 18.4 Å². The first kappa shape index (κ1) is 12.1. The summed E-state index contributed by atoms with van der Waals surface area (Å²) < 4.78 is 9.83. The van der Waals surface area contributed by atoms with Crippen LogP contribution in [0.5, 0.6) is 0 Å². The summed E-state index contributed by atoms with van der Waals surface area (Å²) in [5, 5.41) is 2.78. The first-order valence-corrected chi connectivity index (χ1v) is 5.63. The van der Waals surface area contributed by atoms with E-state index in [4.69, 9.17) is 4.74 Å². The lowest BCUT2D eigenvalue weighted by Gasteiger charge is -2.08. The van der Waals surface area contributed by atoms with E-state index < -0.39 is 0 Å². The van der Waals surface area contributed by atoms with Gasteiger partial charge in [-0.05, 0) is 6.42 Å². The van der Waals surface area contributed by atoms with Crippen LogP contribution in [0.25, 0.3) is 0 Å². The minimum Gasteiger partial charge on any atom is -0.469 e. The maximum atomic E-state index is 11.0. The summed E-state index contributed by atoms with van der Waals surface area (Å²) in [6.45, 7) is 2.04. The highest BCUT2D eigenvalue weighted by molar-refractivity contribution is 7.09. The molecule has 1 atom stereocenters. The lowest BCUT2D eigenvalue weighted by atomic mass is 10.3. The zero-order valence-corrected chi connectivity index (χ0v) is 9.97. The average molecular weight is 229 g/mol. The zero-order valence-electron chi connectivity index (χ0n) is 9.15. The SMILES string of the molecule is CCC(OC)c1nc(CC(=O)OC)cs1. The van der Waals surface area contributed by atoms with Crippen molar-refractivity contribution in [2.45, 2.75) is 25.9 Å². The molecule has 1 heterocycles. The van der Waals surface area contributed by atoms with Gasteiger partial charge < -0.3 is 9.47 Å². The number of esters is 1. The lowest BCUT2D eigenvalue weighted by Crippen LogP contribution is -2.05. The van der Waals surface area contributed by atoms with Crippen LogP contribution in [0.2, 0.25) is 0 Å². The first-order valence-electron chi connectivity index (χ1n) is 4.75. The second-order valence-corrected chi connectivity index (χ2v) is 3.95. The van der Waals surface area contributed by atoms with Crippen LogP contribution in [0.15, 0.2) is 5.38 Å². The van der Waals surface area contributed by atoms with Crippen molar-refractivity contribution in [3.8, 4) is 0 Å². The number of hydrogen-bond donors (Lipinski definition) is 0. The fourth-order valence-corrected chi connectivity index (χ4v) is 2.19. The highest BCUT2D eigenvalue weighted by Gasteiger charge is 2.14. The molecule has 15 heavy (non-hydrogen) atoms. The quantitative estimate of drug-likeness (QED) is 0.724. The minimum atomic E-state index is -0.266. The van der Waals surface area contributed by atoms with Gasteiger partial charge in [-0.3, -0.25) is 4.79 Å². The van der Waals surface area contributed by atoms with Crippen LogP contribution in [0, 0.1) is 0 Å².